The number of aliphatic hydroxyl groups excluding tert-OH is 1. The van der Waals surface area contributed by atoms with Crippen LogP contribution in [0.4, 0.5) is 13.2 Å². The number of rotatable bonds is 5. The predicted molar refractivity (Wildman–Crippen MR) is 55.1 cm³/mol. The second kappa shape index (κ2) is 5.77. The lowest BCUT2D eigenvalue weighted by Crippen LogP contribution is -2.13. The Morgan fingerprint density at radius 1 is 1.29 bits per heavy atom. The molecule has 0 fully saturated rings. The Labute approximate surface area is 96.8 Å². The topological polar surface area (TPSA) is 38.7 Å². The minimum Gasteiger partial charge on any atom is -0.497 e. The normalized spacial score (nSPS) is 11.4. The lowest BCUT2D eigenvalue weighted by molar-refractivity contribution is -0.139. The van der Waals surface area contributed by atoms with Crippen molar-refractivity contribution in [2.45, 2.75) is 19.2 Å². The smallest absolute Gasteiger partial charge is 0.392 e. The first kappa shape index (κ1) is 13.6. The van der Waals surface area contributed by atoms with E-state index in [0.717, 1.165) is 0 Å². The van der Waals surface area contributed by atoms with Crippen molar-refractivity contribution in [1.29, 1.82) is 0 Å². The van der Waals surface area contributed by atoms with Crippen LogP contribution in [0.5, 0.6) is 11.5 Å². The zero-order valence-electron chi connectivity index (χ0n) is 9.25. The van der Waals surface area contributed by atoms with Gasteiger partial charge in [0.1, 0.15) is 11.5 Å². The quantitative estimate of drug-likeness (QED) is 0.872. The van der Waals surface area contributed by atoms with E-state index in [1.165, 1.54) is 13.2 Å². The van der Waals surface area contributed by atoms with E-state index in [-0.39, 0.29) is 12.4 Å². The molecule has 0 heterocycles. The highest BCUT2D eigenvalue weighted by Gasteiger charge is 2.27. The third-order valence-electron chi connectivity index (χ3n) is 2.09. The Morgan fingerprint density at radius 2 is 2.00 bits per heavy atom. The van der Waals surface area contributed by atoms with Crippen LogP contribution >= 0.6 is 0 Å². The van der Waals surface area contributed by atoms with E-state index in [2.05, 4.69) is 0 Å². The Morgan fingerprint density at radius 3 is 2.53 bits per heavy atom. The maximum Gasteiger partial charge on any atom is 0.392 e. The molecule has 0 radical (unpaired) electrons. The van der Waals surface area contributed by atoms with Gasteiger partial charge in [-0.2, -0.15) is 13.2 Å². The Kier molecular flexibility index (Phi) is 4.62. The van der Waals surface area contributed by atoms with Crippen LogP contribution in [0, 0.1) is 0 Å². The molecule has 96 valence electrons. The molecule has 1 N–H and O–H groups in total. The third kappa shape index (κ3) is 4.52. The van der Waals surface area contributed by atoms with Crippen LogP contribution in [-0.4, -0.2) is 25.0 Å². The molecule has 0 unspecified atom stereocenters. The largest absolute Gasteiger partial charge is 0.497 e. The molecule has 0 aromatic heterocycles. The van der Waals surface area contributed by atoms with Gasteiger partial charge < -0.3 is 14.6 Å². The zero-order chi connectivity index (χ0) is 12.9. The summed E-state index contributed by atoms with van der Waals surface area (Å²) in [6.45, 7) is -0.783. The van der Waals surface area contributed by atoms with Crippen molar-refractivity contribution in [2.24, 2.45) is 0 Å². The van der Waals surface area contributed by atoms with Crippen molar-refractivity contribution in [3.63, 3.8) is 0 Å². The number of ether oxygens (including phenoxy) is 2. The highest BCUT2D eigenvalue weighted by atomic mass is 19.4. The number of halogens is 3. The van der Waals surface area contributed by atoms with Gasteiger partial charge in [-0.3, -0.25) is 0 Å². The minimum atomic E-state index is -4.25. The lowest BCUT2D eigenvalue weighted by Gasteiger charge is -2.12. The van der Waals surface area contributed by atoms with Gasteiger partial charge in [0.15, 0.2) is 0 Å². The molecule has 0 amide bonds. The van der Waals surface area contributed by atoms with Gasteiger partial charge in [0.05, 0.1) is 26.7 Å². The highest BCUT2D eigenvalue weighted by Crippen LogP contribution is 2.26. The molecule has 1 rings (SSSR count). The van der Waals surface area contributed by atoms with E-state index >= 15 is 0 Å². The van der Waals surface area contributed by atoms with Crippen molar-refractivity contribution in [1.82, 2.24) is 0 Å². The summed E-state index contributed by atoms with van der Waals surface area (Å²) in [5.74, 6) is 0.667. The summed E-state index contributed by atoms with van der Waals surface area (Å²) in [6, 6.07) is 4.59. The van der Waals surface area contributed by atoms with Crippen molar-refractivity contribution in [3.8, 4) is 11.5 Å². The second-order valence-corrected chi connectivity index (χ2v) is 3.35. The first-order chi connectivity index (χ1) is 7.96. The maximum atomic E-state index is 11.9. The zero-order valence-corrected chi connectivity index (χ0v) is 9.25. The summed E-state index contributed by atoms with van der Waals surface area (Å²) in [5.41, 5.74) is 0.424. The molecule has 17 heavy (non-hydrogen) atoms. The summed E-state index contributed by atoms with van der Waals surface area (Å²) in [7, 11) is 1.44. The number of hydrogen-bond donors (Lipinski definition) is 1. The Balaban J connectivity index is 2.68. The number of aliphatic hydroxyl groups is 1. The molecule has 1 aromatic carbocycles. The SMILES string of the molecule is COc1ccc(CO)c(OCCC(F)(F)F)c1. The molecule has 0 bridgehead atoms. The summed E-state index contributed by atoms with van der Waals surface area (Å²) in [4.78, 5) is 0. The van der Waals surface area contributed by atoms with E-state index in [9.17, 15) is 13.2 Å². The van der Waals surface area contributed by atoms with Gasteiger partial charge >= 0.3 is 6.18 Å². The summed E-state index contributed by atoms with van der Waals surface area (Å²) in [6.07, 6.45) is -5.28. The molecule has 0 saturated carbocycles. The average Bonchev–Trinajstić information content (AvgIpc) is 2.27. The minimum absolute atomic E-state index is 0.205. The molecule has 0 saturated heterocycles. The van der Waals surface area contributed by atoms with Gasteiger partial charge in [0.2, 0.25) is 0 Å². The summed E-state index contributed by atoms with van der Waals surface area (Å²) in [5, 5.41) is 9.00. The molecule has 3 nitrogen and oxygen atoms in total. The Bertz CT molecular complexity index is 363. The molecule has 0 spiro atoms. The van der Waals surface area contributed by atoms with Crippen LogP contribution < -0.4 is 9.47 Å². The predicted octanol–water partition coefficient (Wildman–Crippen LogP) is 2.52. The van der Waals surface area contributed by atoms with E-state index in [4.69, 9.17) is 14.6 Å². The molecule has 6 heteroatoms. The van der Waals surface area contributed by atoms with Crippen LogP contribution in [0.15, 0.2) is 18.2 Å². The van der Waals surface area contributed by atoms with Crippen LogP contribution in [-0.2, 0) is 6.61 Å². The number of hydrogen-bond acceptors (Lipinski definition) is 3. The standard InChI is InChI=1S/C11H13F3O3/c1-16-9-3-2-8(7-15)10(6-9)17-5-4-11(12,13)14/h2-3,6,15H,4-5,7H2,1H3. The number of methoxy groups -OCH3 is 1. The molecule has 0 aliphatic carbocycles. The van der Waals surface area contributed by atoms with Crippen LogP contribution in [0.3, 0.4) is 0 Å². The Hall–Kier alpha value is -1.43. The van der Waals surface area contributed by atoms with Crippen LogP contribution in [0.1, 0.15) is 12.0 Å². The van der Waals surface area contributed by atoms with Gasteiger partial charge in [0, 0.05) is 11.6 Å². The van der Waals surface area contributed by atoms with Crippen molar-refractivity contribution in [3.05, 3.63) is 23.8 Å². The van der Waals surface area contributed by atoms with Gasteiger partial charge in [-0.05, 0) is 12.1 Å². The van der Waals surface area contributed by atoms with Gasteiger partial charge in [-0.15, -0.1) is 0 Å². The summed E-state index contributed by atoms with van der Waals surface area (Å²) < 4.78 is 45.7. The monoisotopic (exact) mass is 250 g/mol. The molecule has 0 aliphatic rings. The summed E-state index contributed by atoms with van der Waals surface area (Å²) >= 11 is 0. The molecular weight excluding hydrogens is 237 g/mol. The third-order valence-corrected chi connectivity index (χ3v) is 2.09. The first-order valence-corrected chi connectivity index (χ1v) is 4.93. The van der Waals surface area contributed by atoms with Crippen molar-refractivity contribution >= 4 is 0 Å². The second-order valence-electron chi connectivity index (χ2n) is 3.35. The fourth-order valence-corrected chi connectivity index (χ4v) is 1.20. The van der Waals surface area contributed by atoms with E-state index in [0.29, 0.717) is 11.3 Å². The fourth-order valence-electron chi connectivity index (χ4n) is 1.20. The highest BCUT2D eigenvalue weighted by molar-refractivity contribution is 5.40. The van der Waals surface area contributed by atoms with E-state index < -0.39 is 19.2 Å². The molecule has 0 atom stereocenters. The molecule has 1 aromatic rings. The number of benzene rings is 1. The van der Waals surface area contributed by atoms with Crippen LogP contribution in [0.25, 0.3) is 0 Å². The van der Waals surface area contributed by atoms with Gasteiger partial charge in [0.25, 0.3) is 0 Å². The molecule has 0 aliphatic heterocycles. The van der Waals surface area contributed by atoms with Crippen molar-refractivity contribution < 1.29 is 27.8 Å². The number of alkyl halides is 3. The van der Waals surface area contributed by atoms with Gasteiger partial charge in [-0.25, -0.2) is 0 Å². The van der Waals surface area contributed by atoms with E-state index in [1.807, 2.05) is 0 Å². The fraction of sp³-hybridized carbons (Fsp3) is 0.455. The van der Waals surface area contributed by atoms with Gasteiger partial charge in [-0.1, -0.05) is 0 Å². The first-order valence-electron chi connectivity index (χ1n) is 4.93. The maximum absolute atomic E-state index is 11.9. The molecular formula is C11H13F3O3. The van der Waals surface area contributed by atoms with Crippen molar-refractivity contribution in [2.75, 3.05) is 13.7 Å². The van der Waals surface area contributed by atoms with E-state index in [1.54, 1.807) is 12.1 Å². The average molecular weight is 250 g/mol. The lowest BCUT2D eigenvalue weighted by atomic mass is 10.2. The van der Waals surface area contributed by atoms with Crippen LogP contribution in [0.2, 0.25) is 0 Å².